The van der Waals surface area contributed by atoms with E-state index in [1.807, 2.05) is 30.4 Å². The third kappa shape index (κ3) is 7.72. The summed E-state index contributed by atoms with van der Waals surface area (Å²) in [5.74, 6) is -3.45. The number of nitrogens with one attached hydrogen (secondary N) is 3. The topological polar surface area (TPSA) is 175 Å². The number of rotatable bonds is 8. The molecule has 17 heteroatoms. The smallest absolute Gasteiger partial charge is 0.410 e. The van der Waals surface area contributed by atoms with Crippen LogP contribution in [0.1, 0.15) is 61.6 Å². The molecule has 6 rings (SSSR count). The maximum absolute atomic E-state index is 14.0. The standard InChI is InChI=1S/C34H42F2N6O8S/c1-3-22-16-34(22,31(45)39-51(48,49)24-11-12-24)38-29(43)27-14-23-18-42(27)30(44)26(15-28(35)36)37-32(46)40(2)13-6-4-5-8-20-9-7-10-21-17-41(19-25(20)21)33(47)50-23/h3,5,7-10,22-24,26-28H,1,4,6,11-19H2,2H3,(H,37,46)(H,38,43)(H,39,45)/b8-5+/t22-,23+,26-,27-,34+/m0/s1. The molecule has 3 N–H and O–H groups in total. The number of amides is 6. The summed E-state index contributed by atoms with van der Waals surface area (Å²) in [6.07, 6.45) is 1.24. The second-order valence-electron chi connectivity index (χ2n) is 13.9. The van der Waals surface area contributed by atoms with Crippen LogP contribution in [0.2, 0.25) is 0 Å². The molecule has 3 fully saturated rings. The zero-order valence-electron chi connectivity index (χ0n) is 28.2. The van der Waals surface area contributed by atoms with E-state index in [-0.39, 0.29) is 39.0 Å². The first kappa shape index (κ1) is 36.3. The molecule has 276 valence electrons. The fourth-order valence-electron chi connectivity index (χ4n) is 6.96. The summed E-state index contributed by atoms with van der Waals surface area (Å²) in [6.45, 7) is 4.12. The minimum atomic E-state index is -3.97. The van der Waals surface area contributed by atoms with Crippen molar-refractivity contribution in [2.24, 2.45) is 5.92 Å². The van der Waals surface area contributed by atoms with Gasteiger partial charge in [0.15, 0.2) is 0 Å². The van der Waals surface area contributed by atoms with Crippen molar-refractivity contribution >= 4 is 45.9 Å². The molecule has 4 bridgehead atoms. The number of hydrogen-bond donors (Lipinski definition) is 3. The molecule has 1 saturated heterocycles. The zero-order valence-corrected chi connectivity index (χ0v) is 29.0. The number of benzene rings is 1. The summed E-state index contributed by atoms with van der Waals surface area (Å²) >= 11 is 0. The van der Waals surface area contributed by atoms with Gasteiger partial charge < -0.3 is 25.2 Å². The fraction of sp³-hybridized carbons (Fsp3) is 0.559. The molecule has 0 aromatic heterocycles. The highest BCUT2D eigenvalue weighted by Crippen LogP contribution is 2.45. The number of halogens is 2. The number of ether oxygens (including phenoxy) is 1. The van der Waals surface area contributed by atoms with Gasteiger partial charge in [-0.2, -0.15) is 0 Å². The van der Waals surface area contributed by atoms with Crippen LogP contribution in [0.15, 0.2) is 36.9 Å². The number of sulfonamides is 1. The molecule has 1 aromatic rings. The van der Waals surface area contributed by atoms with E-state index < -0.39 is 87.6 Å². The van der Waals surface area contributed by atoms with Gasteiger partial charge in [-0.1, -0.05) is 36.4 Å². The van der Waals surface area contributed by atoms with Gasteiger partial charge in [0.2, 0.25) is 28.3 Å². The number of hydrogen-bond acceptors (Lipinski definition) is 8. The third-order valence-corrected chi connectivity index (χ3v) is 12.0. The van der Waals surface area contributed by atoms with Crippen LogP contribution < -0.4 is 15.4 Å². The molecule has 1 aromatic carbocycles. The minimum absolute atomic E-state index is 0.0381. The van der Waals surface area contributed by atoms with Crippen molar-refractivity contribution in [2.75, 3.05) is 20.1 Å². The molecule has 5 atom stereocenters. The molecule has 6 amide bonds. The Kier molecular flexibility index (Phi) is 10.1. The van der Waals surface area contributed by atoms with Crippen LogP contribution in [0.4, 0.5) is 18.4 Å². The van der Waals surface area contributed by atoms with Crippen molar-refractivity contribution in [2.45, 2.75) is 93.4 Å². The molecule has 2 saturated carbocycles. The van der Waals surface area contributed by atoms with Crippen molar-refractivity contribution in [3.63, 3.8) is 0 Å². The number of alkyl halides is 2. The lowest BCUT2D eigenvalue weighted by Crippen LogP contribution is -2.59. The second kappa shape index (κ2) is 14.2. The van der Waals surface area contributed by atoms with Gasteiger partial charge in [0.25, 0.3) is 5.91 Å². The summed E-state index contributed by atoms with van der Waals surface area (Å²) in [5.41, 5.74) is 1.13. The lowest BCUT2D eigenvalue weighted by atomic mass is 10.0. The number of allylic oxidation sites excluding steroid dienone is 1. The molecule has 0 unspecified atom stereocenters. The van der Waals surface area contributed by atoms with Crippen LogP contribution in [0.25, 0.3) is 6.08 Å². The first-order valence-electron chi connectivity index (χ1n) is 17.1. The molecule has 5 aliphatic rings. The lowest BCUT2D eigenvalue weighted by Gasteiger charge is -2.30. The average Bonchev–Trinajstić information content (AvgIpc) is 3.97. The fourth-order valence-corrected chi connectivity index (χ4v) is 8.33. The molecule has 51 heavy (non-hydrogen) atoms. The van der Waals surface area contributed by atoms with Gasteiger partial charge in [0, 0.05) is 38.9 Å². The van der Waals surface area contributed by atoms with Gasteiger partial charge in [-0.15, -0.1) is 6.58 Å². The van der Waals surface area contributed by atoms with Crippen molar-refractivity contribution in [1.82, 2.24) is 30.1 Å². The quantitative estimate of drug-likeness (QED) is 0.342. The van der Waals surface area contributed by atoms with Crippen LogP contribution in [0.5, 0.6) is 0 Å². The number of nitrogens with zero attached hydrogens (tertiary/aromatic N) is 3. The van der Waals surface area contributed by atoms with Gasteiger partial charge in [0.1, 0.15) is 23.7 Å². The van der Waals surface area contributed by atoms with E-state index in [9.17, 15) is 41.2 Å². The molecule has 14 nitrogen and oxygen atoms in total. The van der Waals surface area contributed by atoms with Gasteiger partial charge in [0.05, 0.1) is 18.3 Å². The molecule has 0 spiro atoms. The van der Waals surface area contributed by atoms with Crippen LogP contribution in [-0.4, -0.2) is 109 Å². The van der Waals surface area contributed by atoms with Crippen molar-refractivity contribution in [1.29, 1.82) is 0 Å². The van der Waals surface area contributed by atoms with E-state index in [0.717, 1.165) is 21.6 Å². The van der Waals surface area contributed by atoms with Crippen LogP contribution in [0, 0.1) is 5.92 Å². The van der Waals surface area contributed by atoms with Gasteiger partial charge in [-0.25, -0.2) is 26.8 Å². The predicted octanol–water partition coefficient (Wildman–Crippen LogP) is 2.25. The summed E-state index contributed by atoms with van der Waals surface area (Å²) in [4.78, 5) is 71.6. The Balaban J connectivity index is 1.28. The van der Waals surface area contributed by atoms with Crippen LogP contribution in [-0.2, 0) is 42.2 Å². The van der Waals surface area contributed by atoms with Crippen molar-refractivity contribution in [3.05, 3.63) is 53.6 Å². The maximum Gasteiger partial charge on any atom is 0.410 e. The summed E-state index contributed by atoms with van der Waals surface area (Å²) in [7, 11) is -2.49. The zero-order chi connectivity index (χ0) is 36.7. The molecular weight excluding hydrogens is 690 g/mol. The van der Waals surface area contributed by atoms with Gasteiger partial charge in [-0.05, 0) is 48.8 Å². The summed E-state index contributed by atoms with van der Waals surface area (Å²) in [5, 5.41) is 4.29. The first-order valence-corrected chi connectivity index (χ1v) is 18.6. The van der Waals surface area contributed by atoms with Crippen LogP contribution in [0.3, 0.4) is 0 Å². The van der Waals surface area contributed by atoms with E-state index in [0.29, 0.717) is 25.7 Å². The molecular formula is C34H42F2N6O8S. The van der Waals surface area contributed by atoms with Gasteiger partial charge in [-0.3, -0.25) is 24.0 Å². The highest BCUT2D eigenvalue weighted by Gasteiger charge is 2.62. The van der Waals surface area contributed by atoms with Crippen molar-refractivity contribution in [3.8, 4) is 0 Å². The Labute approximate surface area is 294 Å². The van der Waals surface area contributed by atoms with E-state index in [1.54, 1.807) is 0 Å². The highest BCUT2D eigenvalue weighted by atomic mass is 32.2. The Hall–Kier alpha value is -4.54. The average molecular weight is 733 g/mol. The van der Waals surface area contributed by atoms with Gasteiger partial charge >= 0.3 is 12.1 Å². The Morgan fingerprint density at radius 2 is 1.96 bits per heavy atom. The summed E-state index contributed by atoms with van der Waals surface area (Å²) in [6, 6.07) is 1.82. The first-order chi connectivity index (χ1) is 24.2. The molecule has 2 aliphatic carbocycles. The molecule has 3 heterocycles. The monoisotopic (exact) mass is 732 g/mol. The number of carbonyl (C=O) groups is 5. The number of carbonyl (C=O) groups excluding carboxylic acids is 5. The number of fused-ring (bicyclic) bond motifs is 3. The highest BCUT2D eigenvalue weighted by molar-refractivity contribution is 7.91. The van der Waals surface area contributed by atoms with Crippen molar-refractivity contribution < 1.29 is 45.9 Å². The minimum Gasteiger partial charge on any atom is -0.444 e. The molecule has 0 radical (unpaired) electrons. The van der Waals surface area contributed by atoms with E-state index in [2.05, 4.69) is 21.9 Å². The molecule has 3 aliphatic heterocycles. The lowest BCUT2D eigenvalue weighted by molar-refractivity contribution is -0.141. The van der Waals surface area contributed by atoms with E-state index >= 15 is 0 Å². The number of urea groups is 1. The normalized spacial score (nSPS) is 29.0. The second-order valence-corrected chi connectivity index (χ2v) is 15.8. The Bertz CT molecular complexity index is 1750. The largest absolute Gasteiger partial charge is 0.444 e. The third-order valence-electron chi connectivity index (χ3n) is 10.2. The SMILES string of the molecule is C=C[C@H]1C[C@]1(NC(=O)[C@@H]1C[C@@H]2CN1C(=O)[C@H](CC(F)F)NC(=O)N(C)CCC/C=C/c1cccc3c1CN(C3)C(=O)O2)C(=O)NS(=O)(=O)C1CC1. The Morgan fingerprint density at radius 3 is 2.65 bits per heavy atom. The van der Waals surface area contributed by atoms with E-state index in [4.69, 9.17) is 4.74 Å². The Morgan fingerprint density at radius 1 is 1.20 bits per heavy atom. The summed E-state index contributed by atoms with van der Waals surface area (Å²) < 4.78 is 60.7. The predicted molar refractivity (Wildman–Crippen MR) is 179 cm³/mol. The maximum atomic E-state index is 14.0. The van der Waals surface area contributed by atoms with Crippen LogP contribution >= 0.6 is 0 Å². The van der Waals surface area contributed by atoms with E-state index in [1.165, 1.54) is 22.9 Å².